The minimum absolute atomic E-state index is 0.00129. The molecule has 1 heterocycles. The predicted octanol–water partition coefficient (Wildman–Crippen LogP) is 1.26. The van der Waals surface area contributed by atoms with Crippen molar-refractivity contribution in [2.45, 2.75) is 13.3 Å². The van der Waals surface area contributed by atoms with Crippen molar-refractivity contribution in [2.75, 3.05) is 70.2 Å². The van der Waals surface area contributed by atoms with Crippen LogP contribution in [0.3, 0.4) is 0 Å². The molecule has 0 atom stereocenters. The van der Waals surface area contributed by atoms with Gasteiger partial charge in [-0.05, 0) is 24.3 Å². The number of carbonyl (C=O) groups excluding carboxylic acids is 2. The van der Waals surface area contributed by atoms with Crippen LogP contribution >= 0.6 is 0 Å². The highest BCUT2D eigenvalue weighted by Crippen LogP contribution is 2.15. The van der Waals surface area contributed by atoms with Crippen LogP contribution in [0.15, 0.2) is 24.3 Å². The van der Waals surface area contributed by atoms with Gasteiger partial charge in [0.2, 0.25) is 11.8 Å². The molecule has 0 saturated carbocycles. The van der Waals surface area contributed by atoms with Crippen molar-refractivity contribution < 1.29 is 14.3 Å². The van der Waals surface area contributed by atoms with Crippen LogP contribution in [-0.2, 0) is 14.3 Å². The summed E-state index contributed by atoms with van der Waals surface area (Å²) in [6, 6.07) is 7.68. The van der Waals surface area contributed by atoms with E-state index < -0.39 is 0 Å². The second kappa shape index (κ2) is 10.1. The van der Waals surface area contributed by atoms with E-state index in [9.17, 15) is 9.59 Å². The fourth-order valence-corrected chi connectivity index (χ4v) is 2.82. The van der Waals surface area contributed by atoms with E-state index in [0.29, 0.717) is 13.1 Å². The third-order valence-electron chi connectivity index (χ3n) is 4.51. The number of rotatable bonds is 8. The second-order valence-corrected chi connectivity index (χ2v) is 6.70. The molecular formula is C19H30N4O3. The molecule has 1 fully saturated rings. The molecule has 1 aromatic rings. The molecule has 7 heteroatoms. The van der Waals surface area contributed by atoms with E-state index in [1.165, 1.54) is 0 Å². The van der Waals surface area contributed by atoms with Gasteiger partial charge in [0.05, 0.1) is 13.2 Å². The van der Waals surface area contributed by atoms with Crippen molar-refractivity contribution >= 4 is 23.2 Å². The molecule has 0 radical (unpaired) electrons. The molecular weight excluding hydrogens is 332 g/mol. The van der Waals surface area contributed by atoms with Gasteiger partial charge in [-0.3, -0.25) is 14.5 Å². The van der Waals surface area contributed by atoms with Crippen LogP contribution < -0.4 is 10.2 Å². The summed E-state index contributed by atoms with van der Waals surface area (Å²) in [5.41, 5.74) is 1.84. The van der Waals surface area contributed by atoms with Crippen LogP contribution in [0.4, 0.5) is 11.4 Å². The Balaban J connectivity index is 1.76. The molecule has 1 saturated heterocycles. The van der Waals surface area contributed by atoms with Gasteiger partial charge >= 0.3 is 0 Å². The van der Waals surface area contributed by atoms with Gasteiger partial charge in [-0.15, -0.1) is 0 Å². The lowest BCUT2D eigenvalue weighted by atomic mass is 10.2. The number of nitrogens with one attached hydrogen (secondary N) is 1. The third kappa shape index (κ3) is 6.65. The number of nitrogens with zero attached hydrogens (tertiary/aromatic N) is 3. The van der Waals surface area contributed by atoms with E-state index in [-0.39, 0.29) is 18.2 Å². The maximum absolute atomic E-state index is 12.2. The highest BCUT2D eigenvalue weighted by molar-refractivity contribution is 5.91. The Morgan fingerprint density at radius 3 is 2.35 bits per heavy atom. The highest BCUT2D eigenvalue weighted by atomic mass is 16.5. The van der Waals surface area contributed by atoms with Crippen LogP contribution in [0.1, 0.15) is 13.3 Å². The standard InChI is InChI=1S/C19H30N4O3/c1-16(24)23(11-10-22-12-14-26-15-13-22)9-8-19(25)20-17-4-6-18(7-5-17)21(2)3/h4-7H,8-15H2,1-3H3,(H,20,25). The first-order valence-corrected chi connectivity index (χ1v) is 9.08. The Labute approximate surface area is 155 Å². The van der Waals surface area contributed by atoms with E-state index in [2.05, 4.69) is 10.2 Å². The first kappa shape index (κ1) is 20.2. The molecule has 1 aliphatic rings. The summed E-state index contributed by atoms with van der Waals surface area (Å²) in [6.45, 7) is 6.73. The third-order valence-corrected chi connectivity index (χ3v) is 4.51. The number of carbonyl (C=O) groups is 2. The SMILES string of the molecule is CC(=O)N(CCC(=O)Nc1ccc(N(C)C)cc1)CCN1CCOCC1. The van der Waals surface area contributed by atoms with E-state index in [1.807, 2.05) is 43.3 Å². The smallest absolute Gasteiger partial charge is 0.226 e. The highest BCUT2D eigenvalue weighted by Gasteiger charge is 2.15. The number of anilines is 2. The Morgan fingerprint density at radius 1 is 1.12 bits per heavy atom. The van der Waals surface area contributed by atoms with Crippen molar-refractivity contribution in [1.82, 2.24) is 9.80 Å². The predicted molar refractivity (Wildman–Crippen MR) is 104 cm³/mol. The Kier molecular flexibility index (Phi) is 7.87. The van der Waals surface area contributed by atoms with Crippen molar-refractivity contribution in [2.24, 2.45) is 0 Å². The van der Waals surface area contributed by atoms with Gasteiger partial charge in [0.25, 0.3) is 0 Å². The molecule has 0 aliphatic carbocycles. The van der Waals surface area contributed by atoms with Gasteiger partial charge in [0.1, 0.15) is 0 Å². The summed E-state index contributed by atoms with van der Waals surface area (Å²) in [5.74, 6) is -0.0818. The normalized spacial score (nSPS) is 14.7. The minimum atomic E-state index is -0.0831. The van der Waals surface area contributed by atoms with E-state index in [1.54, 1.807) is 11.8 Å². The first-order chi connectivity index (χ1) is 12.5. The molecule has 1 aromatic carbocycles. The van der Waals surface area contributed by atoms with Crippen molar-refractivity contribution in [3.8, 4) is 0 Å². The van der Waals surface area contributed by atoms with Gasteiger partial charge in [0, 0.05) is 71.5 Å². The Morgan fingerprint density at radius 2 is 1.77 bits per heavy atom. The van der Waals surface area contributed by atoms with Crippen LogP contribution in [0.25, 0.3) is 0 Å². The van der Waals surface area contributed by atoms with Crippen LogP contribution in [0.2, 0.25) is 0 Å². The second-order valence-electron chi connectivity index (χ2n) is 6.70. The Hall–Kier alpha value is -2.12. The molecule has 1 aliphatic heterocycles. The van der Waals surface area contributed by atoms with Crippen molar-refractivity contribution in [3.05, 3.63) is 24.3 Å². The average molecular weight is 362 g/mol. The van der Waals surface area contributed by atoms with Gasteiger partial charge in [-0.2, -0.15) is 0 Å². The lowest BCUT2D eigenvalue weighted by Crippen LogP contribution is -2.43. The number of hydrogen-bond donors (Lipinski definition) is 1. The zero-order valence-electron chi connectivity index (χ0n) is 16.0. The molecule has 2 rings (SSSR count). The summed E-state index contributed by atoms with van der Waals surface area (Å²) in [6.07, 6.45) is 0.290. The van der Waals surface area contributed by atoms with Gasteiger partial charge < -0.3 is 19.9 Å². The minimum Gasteiger partial charge on any atom is -0.379 e. The zero-order chi connectivity index (χ0) is 18.9. The molecule has 7 nitrogen and oxygen atoms in total. The lowest BCUT2D eigenvalue weighted by Gasteiger charge is -2.29. The number of benzene rings is 1. The monoisotopic (exact) mass is 362 g/mol. The van der Waals surface area contributed by atoms with Crippen LogP contribution in [0, 0.1) is 0 Å². The molecule has 1 N–H and O–H groups in total. The zero-order valence-corrected chi connectivity index (χ0v) is 16.0. The number of hydrogen-bond acceptors (Lipinski definition) is 5. The summed E-state index contributed by atoms with van der Waals surface area (Å²) in [4.78, 5) is 30.0. The molecule has 26 heavy (non-hydrogen) atoms. The number of amides is 2. The van der Waals surface area contributed by atoms with Gasteiger partial charge in [-0.25, -0.2) is 0 Å². The van der Waals surface area contributed by atoms with Crippen LogP contribution in [0.5, 0.6) is 0 Å². The Bertz CT molecular complexity index is 583. The van der Waals surface area contributed by atoms with Crippen molar-refractivity contribution in [3.63, 3.8) is 0 Å². The first-order valence-electron chi connectivity index (χ1n) is 9.08. The van der Waals surface area contributed by atoms with Crippen molar-refractivity contribution in [1.29, 1.82) is 0 Å². The summed E-state index contributed by atoms with van der Waals surface area (Å²) >= 11 is 0. The quantitative estimate of drug-likeness (QED) is 0.754. The topological polar surface area (TPSA) is 65.1 Å². The molecule has 0 bridgehead atoms. The molecule has 0 unspecified atom stereocenters. The van der Waals surface area contributed by atoms with E-state index >= 15 is 0 Å². The largest absolute Gasteiger partial charge is 0.379 e. The fourth-order valence-electron chi connectivity index (χ4n) is 2.82. The summed E-state index contributed by atoms with van der Waals surface area (Å²) in [7, 11) is 3.95. The summed E-state index contributed by atoms with van der Waals surface area (Å²) < 4.78 is 5.33. The van der Waals surface area contributed by atoms with Gasteiger partial charge in [0.15, 0.2) is 0 Å². The fraction of sp³-hybridized carbons (Fsp3) is 0.579. The molecule has 2 amide bonds. The van der Waals surface area contributed by atoms with Gasteiger partial charge in [-0.1, -0.05) is 0 Å². The molecule has 144 valence electrons. The van der Waals surface area contributed by atoms with E-state index in [4.69, 9.17) is 4.74 Å². The molecule has 0 spiro atoms. The lowest BCUT2D eigenvalue weighted by molar-refractivity contribution is -0.129. The summed E-state index contributed by atoms with van der Waals surface area (Å²) in [5, 5.41) is 2.89. The van der Waals surface area contributed by atoms with E-state index in [0.717, 1.165) is 44.2 Å². The van der Waals surface area contributed by atoms with Crippen LogP contribution in [-0.4, -0.2) is 81.6 Å². The average Bonchev–Trinajstić information content (AvgIpc) is 2.62. The maximum atomic E-state index is 12.2. The maximum Gasteiger partial charge on any atom is 0.226 e. The molecule has 0 aromatic heterocycles. The number of morpholine rings is 1. The number of ether oxygens (including phenoxy) is 1.